The number of benzene rings is 1. The van der Waals surface area contributed by atoms with Crippen molar-refractivity contribution in [2.24, 2.45) is 0 Å². The number of carboxylic acids is 1. The summed E-state index contributed by atoms with van der Waals surface area (Å²) in [6.45, 7) is 0.262. The van der Waals surface area contributed by atoms with Crippen molar-refractivity contribution >= 4 is 33.1 Å². The van der Waals surface area contributed by atoms with Crippen LogP contribution in [0, 0.1) is 0 Å². The maximum absolute atomic E-state index is 12.0. The number of sulfone groups is 1. The lowest BCUT2D eigenvalue weighted by atomic mass is 10.1. The highest BCUT2D eigenvalue weighted by Crippen LogP contribution is 2.36. The van der Waals surface area contributed by atoms with E-state index < -0.39 is 21.8 Å². The molecule has 21 heavy (non-hydrogen) atoms. The number of nitrogens with zero attached hydrogens (tertiary/aromatic N) is 1. The maximum atomic E-state index is 12.0. The Labute approximate surface area is 121 Å². The molecule has 0 aliphatic carbocycles. The smallest absolute Gasteiger partial charge is 0.337 e. The molecule has 0 aromatic heterocycles. The number of hydrogen-bond acceptors (Lipinski definition) is 5. The Morgan fingerprint density at radius 1 is 1.38 bits per heavy atom. The van der Waals surface area contributed by atoms with Crippen LogP contribution in [-0.4, -0.2) is 49.5 Å². The first-order chi connectivity index (χ1) is 9.87. The average Bonchev–Trinajstić information content (AvgIpc) is 2.51. The van der Waals surface area contributed by atoms with Gasteiger partial charge in [-0.05, 0) is 12.1 Å². The third-order valence-corrected chi connectivity index (χ3v) is 5.50. The largest absolute Gasteiger partial charge is 0.478 e. The topological polar surface area (TPSA) is 104 Å². The van der Waals surface area contributed by atoms with Crippen LogP contribution in [-0.2, 0) is 14.6 Å². The van der Waals surface area contributed by atoms with Gasteiger partial charge >= 0.3 is 5.97 Å². The Kier molecular flexibility index (Phi) is 3.12. The van der Waals surface area contributed by atoms with Crippen LogP contribution < -0.4 is 10.2 Å². The predicted molar refractivity (Wildman–Crippen MR) is 76.4 cm³/mol. The number of para-hydroxylation sites is 1. The fourth-order valence-electron chi connectivity index (χ4n) is 2.87. The molecule has 1 atom stereocenters. The number of carbonyl (C=O) groups is 2. The van der Waals surface area contributed by atoms with Gasteiger partial charge in [0.1, 0.15) is 0 Å². The molecule has 0 bridgehead atoms. The van der Waals surface area contributed by atoms with Crippen LogP contribution in [0.4, 0.5) is 11.4 Å². The Balaban J connectivity index is 2.12. The number of aromatic carboxylic acids is 1. The molecule has 1 aromatic carbocycles. The van der Waals surface area contributed by atoms with Gasteiger partial charge in [-0.25, -0.2) is 13.2 Å². The minimum atomic E-state index is -3.16. The van der Waals surface area contributed by atoms with Crippen molar-refractivity contribution in [3.63, 3.8) is 0 Å². The van der Waals surface area contributed by atoms with Crippen molar-refractivity contribution in [1.82, 2.24) is 0 Å². The summed E-state index contributed by atoms with van der Waals surface area (Å²) in [6.07, 6.45) is 0.0347. The zero-order valence-electron chi connectivity index (χ0n) is 11.1. The first kappa shape index (κ1) is 13.9. The predicted octanol–water partition coefficient (Wildman–Crippen LogP) is 0.330. The van der Waals surface area contributed by atoms with Gasteiger partial charge in [-0.3, -0.25) is 4.79 Å². The zero-order valence-corrected chi connectivity index (χ0v) is 11.9. The minimum Gasteiger partial charge on any atom is -0.478 e. The molecule has 2 aliphatic rings. The second-order valence-corrected chi connectivity index (χ2v) is 7.45. The number of fused-ring (bicyclic) bond motifs is 3. The monoisotopic (exact) mass is 310 g/mol. The van der Waals surface area contributed by atoms with Gasteiger partial charge in [-0.15, -0.1) is 0 Å². The number of amides is 1. The lowest BCUT2D eigenvalue weighted by Gasteiger charge is -2.35. The van der Waals surface area contributed by atoms with Gasteiger partial charge in [0.15, 0.2) is 9.84 Å². The molecule has 1 saturated heterocycles. The number of nitrogens with one attached hydrogen (secondary N) is 1. The van der Waals surface area contributed by atoms with E-state index in [1.807, 2.05) is 4.90 Å². The van der Waals surface area contributed by atoms with Gasteiger partial charge in [-0.1, -0.05) is 6.07 Å². The second-order valence-electron chi connectivity index (χ2n) is 5.22. The van der Waals surface area contributed by atoms with Crippen LogP contribution in [0.15, 0.2) is 18.2 Å². The summed E-state index contributed by atoms with van der Waals surface area (Å²) in [5.74, 6) is -1.57. The van der Waals surface area contributed by atoms with Crippen molar-refractivity contribution < 1.29 is 23.1 Å². The first-order valence-electron chi connectivity index (χ1n) is 6.50. The normalized spacial score (nSPS) is 23.5. The third-order valence-electron chi connectivity index (χ3n) is 3.80. The summed E-state index contributed by atoms with van der Waals surface area (Å²) in [5.41, 5.74) is 0.826. The van der Waals surface area contributed by atoms with Crippen LogP contribution in [0.2, 0.25) is 0 Å². The summed E-state index contributed by atoms with van der Waals surface area (Å²) < 4.78 is 23.5. The van der Waals surface area contributed by atoms with Crippen molar-refractivity contribution in [1.29, 1.82) is 0 Å². The van der Waals surface area contributed by atoms with Gasteiger partial charge in [-0.2, -0.15) is 0 Å². The molecule has 1 aromatic rings. The Bertz CT molecular complexity index is 728. The van der Waals surface area contributed by atoms with Gasteiger partial charge in [0.25, 0.3) is 0 Å². The summed E-state index contributed by atoms with van der Waals surface area (Å²) in [6, 6.07) is 4.27. The number of carbonyl (C=O) groups excluding carboxylic acids is 1. The lowest BCUT2D eigenvalue weighted by molar-refractivity contribution is -0.116. The molecule has 3 rings (SSSR count). The Morgan fingerprint density at radius 2 is 2.14 bits per heavy atom. The molecule has 7 nitrogen and oxygen atoms in total. The highest BCUT2D eigenvalue weighted by molar-refractivity contribution is 7.91. The van der Waals surface area contributed by atoms with Crippen LogP contribution in [0.5, 0.6) is 0 Å². The van der Waals surface area contributed by atoms with E-state index in [1.165, 1.54) is 6.07 Å². The number of rotatable bonds is 1. The van der Waals surface area contributed by atoms with Crippen molar-refractivity contribution in [3.8, 4) is 0 Å². The molecule has 0 radical (unpaired) electrons. The van der Waals surface area contributed by atoms with E-state index >= 15 is 0 Å². The number of carboxylic acid groups (broad SMARTS) is 1. The molecule has 1 unspecified atom stereocenters. The van der Waals surface area contributed by atoms with E-state index in [0.717, 1.165) is 0 Å². The summed E-state index contributed by atoms with van der Waals surface area (Å²) >= 11 is 0. The van der Waals surface area contributed by atoms with Crippen LogP contribution in [0.1, 0.15) is 16.8 Å². The molecule has 2 heterocycles. The zero-order chi connectivity index (χ0) is 15.2. The van der Waals surface area contributed by atoms with Crippen molar-refractivity contribution in [2.45, 2.75) is 12.5 Å². The summed E-state index contributed by atoms with van der Waals surface area (Å²) in [7, 11) is -3.16. The highest BCUT2D eigenvalue weighted by Gasteiger charge is 2.37. The molecule has 8 heteroatoms. The maximum Gasteiger partial charge on any atom is 0.337 e. The van der Waals surface area contributed by atoms with E-state index in [-0.39, 0.29) is 41.6 Å². The molecule has 0 spiro atoms. The van der Waals surface area contributed by atoms with E-state index in [1.54, 1.807) is 12.1 Å². The van der Waals surface area contributed by atoms with Crippen molar-refractivity contribution in [3.05, 3.63) is 23.8 Å². The molecule has 1 fully saturated rings. The van der Waals surface area contributed by atoms with Crippen molar-refractivity contribution in [2.75, 3.05) is 28.3 Å². The van der Waals surface area contributed by atoms with Gasteiger partial charge < -0.3 is 15.3 Å². The van der Waals surface area contributed by atoms with Gasteiger partial charge in [0.2, 0.25) is 5.91 Å². The number of anilines is 2. The fraction of sp³-hybridized carbons (Fsp3) is 0.385. The quantitative estimate of drug-likeness (QED) is 0.775. The van der Waals surface area contributed by atoms with E-state index in [0.29, 0.717) is 5.69 Å². The molecular formula is C13H14N2O5S. The van der Waals surface area contributed by atoms with Crippen LogP contribution in [0.3, 0.4) is 0 Å². The average molecular weight is 310 g/mol. The van der Waals surface area contributed by atoms with Gasteiger partial charge in [0.05, 0.1) is 34.5 Å². The molecular weight excluding hydrogens is 296 g/mol. The van der Waals surface area contributed by atoms with E-state index in [2.05, 4.69) is 5.32 Å². The third kappa shape index (κ3) is 2.46. The Morgan fingerprint density at radius 3 is 2.86 bits per heavy atom. The van der Waals surface area contributed by atoms with Gasteiger partial charge in [0, 0.05) is 13.0 Å². The fourth-order valence-corrected chi connectivity index (χ4v) is 4.39. The molecule has 2 N–H and O–H groups in total. The van der Waals surface area contributed by atoms with E-state index in [4.69, 9.17) is 0 Å². The lowest BCUT2D eigenvalue weighted by Crippen LogP contribution is -2.48. The van der Waals surface area contributed by atoms with Crippen LogP contribution >= 0.6 is 0 Å². The Hall–Kier alpha value is -2.09. The van der Waals surface area contributed by atoms with E-state index in [9.17, 15) is 23.1 Å². The SMILES string of the molecule is O=C1CC2CS(=O)(=O)CCN2c2cccc(C(=O)O)c2N1. The molecule has 1 amide bonds. The first-order valence-corrected chi connectivity index (χ1v) is 8.33. The molecule has 2 aliphatic heterocycles. The second kappa shape index (κ2) is 4.73. The summed E-state index contributed by atoms with van der Waals surface area (Å²) in [5, 5.41) is 11.8. The summed E-state index contributed by atoms with van der Waals surface area (Å²) in [4.78, 5) is 25.1. The van der Waals surface area contributed by atoms with Crippen LogP contribution in [0.25, 0.3) is 0 Å². The number of hydrogen-bond donors (Lipinski definition) is 2. The molecule has 112 valence electrons. The minimum absolute atomic E-state index is 0.00836. The molecule has 0 saturated carbocycles. The standard InChI is InChI=1S/C13H14N2O5S/c16-11-6-8-7-21(19,20)5-4-15(8)10-3-1-2-9(13(17)18)12(10)14-11/h1-3,8H,4-7H2,(H,14,16)(H,17,18). The highest BCUT2D eigenvalue weighted by atomic mass is 32.2.